The molecule has 100 valence electrons. The Kier molecular flexibility index (Phi) is 13.3. The van der Waals surface area contributed by atoms with Gasteiger partial charge in [0.1, 0.15) is 5.75 Å². The van der Waals surface area contributed by atoms with Gasteiger partial charge in [0, 0.05) is 6.54 Å². The second-order valence-electron chi connectivity index (χ2n) is 3.49. The van der Waals surface area contributed by atoms with E-state index in [0.29, 0.717) is 0 Å². The second kappa shape index (κ2) is 12.0. The van der Waals surface area contributed by atoms with Gasteiger partial charge in [-0.1, -0.05) is 12.1 Å². The zero-order chi connectivity index (χ0) is 10.9. The molecule has 0 amide bonds. The first kappa shape index (κ1) is 18.9. The quantitative estimate of drug-likeness (QED) is 0.752. The molecule has 1 aromatic rings. The fraction of sp³-hybridized carbons (Fsp3) is 0.500. The van der Waals surface area contributed by atoms with E-state index in [1.807, 2.05) is 19.2 Å². The molecule has 0 bridgehead atoms. The van der Waals surface area contributed by atoms with Crippen LogP contribution in [0.5, 0.6) is 5.75 Å². The molecule has 0 saturated carbocycles. The molecule has 0 radical (unpaired) electrons. The summed E-state index contributed by atoms with van der Waals surface area (Å²) in [5.74, 6) is 0.921. The van der Waals surface area contributed by atoms with E-state index in [-0.39, 0.29) is 24.8 Å². The van der Waals surface area contributed by atoms with E-state index in [1.165, 1.54) is 5.56 Å². The minimum absolute atomic E-state index is 0. The Morgan fingerprint density at radius 2 is 1.94 bits per heavy atom. The predicted molar refractivity (Wildman–Crippen MR) is 77.7 cm³/mol. The van der Waals surface area contributed by atoms with Gasteiger partial charge in [0.25, 0.3) is 0 Å². The molecule has 1 aromatic carbocycles. The lowest BCUT2D eigenvalue weighted by molar-refractivity contribution is 0.414. The number of rotatable bonds is 7. The number of halogens is 2. The average Bonchev–Trinajstić information content (AvgIpc) is 2.29. The van der Waals surface area contributed by atoms with Gasteiger partial charge in [0.2, 0.25) is 0 Å². The van der Waals surface area contributed by atoms with E-state index >= 15 is 0 Å². The van der Waals surface area contributed by atoms with E-state index < -0.39 is 0 Å². The van der Waals surface area contributed by atoms with Crippen molar-refractivity contribution in [3.63, 3.8) is 0 Å². The highest BCUT2D eigenvalue weighted by molar-refractivity contribution is 5.85. The highest BCUT2D eigenvalue weighted by Crippen LogP contribution is 2.11. The van der Waals surface area contributed by atoms with Crippen LogP contribution in [0.15, 0.2) is 24.3 Å². The van der Waals surface area contributed by atoms with E-state index in [0.717, 1.165) is 31.8 Å². The summed E-state index contributed by atoms with van der Waals surface area (Å²) in [4.78, 5) is 0. The van der Waals surface area contributed by atoms with Crippen molar-refractivity contribution in [3.05, 3.63) is 29.8 Å². The van der Waals surface area contributed by atoms with Gasteiger partial charge < -0.3 is 15.4 Å². The second-order valence-corrected chi connectivity index (χ2v) is 3.49. The van der Waals surface area contributed by atoms with Gasteiger partial charge in [0.05, 0.1) is 7.11 Å². The van der Waals surface area contributed by atoms with Gasteiger partial charge in [-0.15, -0.1) is 24.8 Å². The van der Waals surface area contributed by atoms with Crippen LogP contribution in [0.3, 0.4) is 0 Å². The fourth-order valence-corrected chi connectivity index (χ4v) is 1.41. The summed E-state index contributed by atoms with van der Waals surface area (Å²) in [6, 6.07) is 8.15. The molecule has 0 saturated heterocycles. The molecular formula is C12H22Cl2N2O. The summed E-state index contributed by atoms with van der Waals surface area (Å²) in [5, 5.41) is 6.52. The third-order valence-electron chi connectivity index (χ3n) is 2.24. The molecule has 0 aliphatic rings. The fourth-order valence-electron chi connectivity index (χ4n) is 1.41. The van der Waals surface area contributed by atoms with E-state index in [1.54, 1.807) is 7.11 Å². The summed E-state index contributed by atoms with van der Waals surface area (Å²) in [5.41, 5.74) is 1.26. The highest BCUT2D eigenvalue weighted by atomic mass is 35.5. The zero-order valence-corrected chi connectivity index (χ0v) is 12.0. The third-order valence-corrected chi connectivity index (χ3v) is 2.24. The van der Waals surface area contributed by atoms with Crippen molar-refractivity contribution in [3.8, 4) is 5.75 Å². The number of methoxy groups -OCH3 is 1. The molecule has 0 aromatic heterocycles. The summed E-state index contributed by atoms with van der Waals surface area (Å²) >= 11 is 0. The van der Waals surface area contributed by atoms with Crippen molar-refractivity contribution < 1.29 is 4.74 Å². The zero-order valence-electron chi connectivity index (χ0n) is 10.4. The number of hydrogen-bond acceptors (Lipinski definition) is 3. The predicted octanol–water partition coefficient (Wildman–Crippen LogP) is 2.24. The molecule has 3 nitrogen and oxygen atoms in total. The van der Waals surface area contributed by atoms with Gasteiger partial charge in [-0.05, 0) is 44.3 Å². The topological polar surface area (TPSA) is 33.3 Å². The van der Waals surface area contributed by atoms with Crippen LogP contribution in [0, 0.1) is 0 Å². The molecule has 0 aliphatic carbocycles. The van der Waals surface area contributed by atoms with Gasteiger partial charge in [-0.25, -0.2) is 0 Å². The third kappa shape index (κ3) is 8.27. The minimum atomic E-state index is 0. The average molecular weight is 281 g/mol. The van der Waals surface area contributed by atoms with Crippen LogP contribution < -0.4 is 15.4 Å². The monoisotopic (exact) mass is 280 g/mol. The number of hydrogen-bond donors (Lipinski definition) is 2. The summed E-state index contributed by atoms with van der Waals surface area (Å²) in [6.45, 7) is 3.00. The normalized spacial score (nSPS) is 9.06. The number of ether oxygens (including phenoxy) is 1. The first-order valence-corrected chi connectivity index (χ1v) is 5.35. The lowest BCUT2D eigenvalue weighted by Gasteiger charge is -2.06. The SMILES string of the molecule is CNCCCNCc1cccc(OC)c1.Cl.Cl. The van der Waals surface area contributed by atoms with Crippen LogP contribution in [0.1, 0.15) is 12.0 Å². The van der Waals surface area contributed by atoms with Crippen LogP contribution in [0.4, 0.5) is 0 Å². The van der Waals surface area contributed by atoms with E-state index in [4.69, 9.17) is 4.74 Å². The van der Waals surface area contributed by atoms with Gasteiger partial charge >= 0.3 is 0 Å². The van der Waals surface area contributed by atoms with Crippen LogP contribution in [-0.2, 0) is 6.54 Å². The minimum Gasteiger partial charge on any atom is -0.497 e. The Bertz CT molecular complexity index is 285. The maximum Gasteiger partial charge on any atom is 0.119 e. The van der Waals surface area contributed by atoms with Crippen LogP contribution in [0.2, 0.25) is 0 Å². The van der Waals surface area contributed by atoms with E-state index in [2.05, 4.69) is 22.8 Å². The standard InChI is InChI=1S/C12H20N2O.2ClH/c1-13-7-4-8-14-10-11-5-3-6-12(9-11)15-2;;/h3,5-6,9,13-14H,4,7-8,10H2,1-2H3;2*1H. The molecule has 1 rings (SSSR count). The lowest BCUT2D eigenvalue weighted by atomic mass is 10.2. The Labute approximate surface area is 116 Å². The largest absolute Gasteiger partial charge is 0.497 e. The molecule has 0 spiro atoms. The smallest absolute Gasteiger partial charge is 0.119 e. The van der Waals surface area contributed by atoms with Crippen molar-refractivity contribution >= 4 is 24.8 Å². The Morgan fingerprint density at radius 1 is 1.18 bits per heavy atom. The van der Waals surface area contributed by atoms with Crippen molar-refractivity contribution in [2.24, 2.45) is 0 Å². The molecule has 5 heteroatoms. The van der Waals surface area contributed by atoms with Gasteiger partial charge in [-0.2, -0.15) is 0 Å². The van der Waals surface area contributed by atoms with E-state index in [9.17, 15) is 0 Å². The van der Waals surface area contributed by atoms with Crippen LogP contribution in [-0.4, -0.2) is 27.2 Å². The first-order chi connectivity index (χ1) is 7.36. The van der Waals surface area contributed by atoms with Gasteiger partial charge in [-0.3, -0.25) is 0 Å². The van der Waals surface area contributed by atoms with Crippen molar-refractivity contribution in [1.82, 2.24) is 10.6 Å². The maximum atomic E-state index is 5.16. The maximum absolute atomic E-state index is 5.16. The van der Waals surface area contributed by atoms with Gasteiger partial charge in [0.15, 0.2) is 0 Å². The number of benzene rings is 1. The van der Waals surface area contributed by atoms with Crippen molar-refractivity contribution in [2.45, 2.75) is 13.0 Å². The lowest BCUT2D eigenvalue weighted by Crippen LogP contribution is -2.19. The molecule has 17 heavy (non-hydrogen) atoms. The number of nitrogens with one attached hydrogen (secondary N) is 2. The summed E-state index contributed by atoms with van der Waals surface area (Å²) < 4.78 is 5.16. The highest BCUT2D eigenvalue weighted by Gasteiger charge is 1.94. The van der Waals surface area contributed by atoms with Crippen LogP contribution >= 0.6 is 24.8 Å². The Morgan fingerprint density at radius 3 is 2.59 bits per heavy atom. The van der Waals surface area contributed by atoms with Crippen LogP contribution in [0.25, 0.3) is 0 Å². The van der Waals surface area contributed by atoms with Crippen molar-refractivity contribution in [2.75, 3.05) is 27.2 Å². The molecule has 0 unspecified atom stereocenters. The molecule has 0 aliphatic heterocycles. The molecule has 0 heterocycles. The molecule has 0 atom stereocenters. The summed E-state index contributed by atoms with van der Waals surface area (Å²) in [6.07, 6.45) is 1.15. The molecular weight excluding hydrogens is 259 g/mol. The molecule has 2 N–H and O–H groups in total. The van der Waals surface area contributed by atoms with Crippen molar-refractivity contribution in [1.29, 1.82) is 0 Å². The molecule has 0 fully saturated rings. The summed E-state index contributed by atoms with van der Waals surface area (Å²) in [7, 11) is 3.67. The Balaban J connectivity index is 0. The first-order valence-electron chi connectivity index (χ1n) is 5.35. The Hall–Kier alpha value is -0.480.